The number of hydrogen-bond donors (Lipinski definition) is 2. The first-order valence-electron chi connectivity index (χ1n) is 10.4. The zero-order chi connectivity index (χ0) is 22.2. The molecule has 0 saturated carbocycles. The number of carbonyl (C=O) groups excluding carboxylic acids is 1. The van der Waals surface area contributed by atoms with Crippen LogP contribution in [0.15, 0.2) is 59.5 Å². The third kappa shape index (κ3) is 3.78. The van der Waals surface area contributed by atoms with Gasteiger partial charge in [-0.2, -0.15) is 0 Å². The first-order valence-corrected chi connectivity index (χ1v) is 10.4. The van der Waals surface area contributed by atoms with Crippen molar-refractivity contribution in [2.75, 3.05) is 13.1 Å². The molecule has 2 aromatic carbocycles. The van der Waals surface area contributed by atoms with Gasteiger partial charge >= 0.3 is 0 Å². The maximum absolute atomic E-state index is 13.6. The summed E-state index contributed by atoms with van der Waals surface area (Å²) in [6, 6.07) is 13.0. The third-order valence-electron chi connectivity index (χ3n) is 5.78. The minimum Gasteiger partial charge on any atom is -0.339 e. The van der Waals surface area contributed by atoms with Gasteiger partial charge in [-0.05, 0) is 61.4 Å². The number of amides is 1. The number of aromatic amines is 1. The van der Waals surface area contributed by atoms with Crippen molar-refractivity contribution in [3.63, 3.8) is 0 Å². The van der Waals surface area contributed by atoms with Gasteiger partial charge in [-0.1, -0.05) is 5.21 Å². The summed E-state index contributed by atoms with van der Waals surface area (Å²) < 4.78 is 15.1. The Labute approximate surface area is 182 Å². The first kappa shape index (κ1) is 20.1. The summed E-state index contributed by atoms with van der Waals surface area (Å²) in [7, 11) is 0. The van der Waals surface area contributed by atoms with Gasteiger partial charge in [0.05, 0.1) is 17.4 Å². The molecule has 1 aliphatic rings. The van der Waals surface area contributed by atoms with E-state index in [9.17, 15) is 14.0 Å². The van der Waals surface area contributed by atoms with Gasteiger partial charge in [0.1, 0.15) is 11.5 Å². The van der Waals surface area contributed by atoms with Crippen molar-refractivity contribution in [3.8, 4) is 16.9 Å². The number of H-pyrrole nitrogens is 1. The van der Waals surface area contributed by atoms with Gasteiger partial charge in [0.15, 0.2) is 0 Å². The highest BCUT2D eigenvalue weighted by Gasteiger charge is 2.21. The molecular formula is C23H21FN6O2. The molecule has 0 atom stereocenters. The normalized spacial score (nSPS) is 14.8. The van der Waals surface area contributed by atoms with Crippen molar-refractivity contribution < 1.29 is 9.18 Å². The summed E-state index contributed by atoms with van der Waals surface area (Å²) in [4.78, 5) is 29.7. The average Bonchev–Trinajstić information content (AvgIpc) is 3.29. The summed E-state index contributed by atoms with van der Waals surface area (Å²) >= 11 is 0. The zero-order valence-corrected chi connectivity index (χ0v) is 17.2. The number of nitrogens with two attached hydrogens (primary N) is 1. The van der Waals surface area contributed by atoms with Crippen LogP contribution >= 0.6 is 0 Å². The van der Waals surface area contributed by atoms with Crippen LogP contribution in [0.5, 0.6) is 0 Å². The number of rotatable bonds is 3. The van der Waals surface area contributed by atoms with E-state index in [1.165, 1.54) is 22.9 Å². The number of piperidine rings is 1. The van der Waals surface area contributed by atoms with Crippen LogP contribution in [0.4, 0.5) is 4.39 Å². The van der Waals surface area contributed by atoms with Crippen LogP contribution in [0, 0.1) is 5.82 Å². The van der Waals surface area contributed by atoms with Crippen LogP contribution in [0.1, 0.15) is 23.2 Å². The number of nitrogens with zero attached hydrogens (tertiary/aromatic N) is 4. The number of nitrogens with one attached hydrogen (secondary N) is 1. The Kier molecular flexibility index (Phi) is 5.02. The summed E-state index contributed by atoms with van der Waals surface area (Å²) in [6.45, 7) is 1.33. The van der Waals surface area contributed by atoms with Crippen LogP contribution in [-0.4, -0.2) is 49.9 Å². The van der Waals surface area contributed by atoms with Crippen molar-refractivity contribution in [2.24, 2.45) is 5.73 Å². The molecule has 9 heteroatoms. The molecular weight excluding hydrogens is 411 g/mol. The maximum atomic E-state index is 13.6. The lowest BCUT2D eigenvalue weighted by Gasteiger charge is -2.30. The summed E-state index contributed by atoms with van der Waals surface area (Å²) in [5.41, 5.74) is 8.08. The quantitative estimate of drug-likeness (QED) is 0.517. The van der Waals surface area contributed by atoms with Gasteiger partial charge in [-0.25, -0.2) is 9.07 Å². The second-order valence-electron chi connectivity index (χ2n) is 7.97. The minimum atomic E-state index is -0.388. The lowest BCUT2D eigenvalue weighted by molar-refractivity contribution is 0.0715. The predicted octanol–water partition coefficient (Wildman–Crippen LogP) is 2.48. The van der Waals surface area contributed by atoms with Crippen molar-refractivity contribution in [1.29, 1.82) is 0 Å². The summed E-state index contributed by atoms with van der Waals surface area (Å²) in [5, 5.41) is 8.77. The summed E-state index contributed by atoms with van der Waals surface area (Å²) in [6.07, 6.45) is 3.25. The molecule has 0 aliphatic carbocycles. The Morgan fingerprint density at radius 2 is 1.84 bits per heavy atom. The fourth-order valence-corrected chi connectivity index (χ4v) is 3.92. The monoisotopic (exact) mass is 432 g/mol. The fourth-order valence-electron chi connectivity index (χ4n) is 3.92. The molecule has 0 spiro atoms. The van der Waals surface area contributed by atoms with Gasteiger partial charge in [-0.15, -0.1) is 5.10 Å². The number of halogens is 1. The second-order valence-corrected chi connectivity index (χ2v) is 7.97. The second kappa shape index (κ2) is 8.01. The molecule has 0 bridgehead atoms. The van der Waals surface area contributed by atoms with E-state index >= 15 is 0 Å². The molecule has 32 heavy (non-hydrogen) atoms. The molecule has 3 heterocycles. The summed E-state index contributed by atoms with van der Waals surface area (Å²) in [5.74, 6) is -0.404. The predicted molar refractivity (Wildman–Crippen MR) is 118 cm³/mol. The van der Waals surface area contributed by atoms with E-state index in [1.54, 1.807) is 36.5 Å². The SMILES string of the molecule is NC1CCN(C(=O)c2ccc(-n3cc(-c4cc5cc(F)ccc5[nH]c4=O)nn3)cc2)CC1. The number of benzene rings is 2. The van der Waals surface area contributed by atoms with E-state index in [-0.39, 0.29) is 23.3 Å². The lowest BCUT2D eigenvalue weighted by Crippen LogP contribution is -2.42. The van der Waals surface area contributed by atoms with E-state index in [0.29, 0.717) is 46.5 Å². The van der Waals surface area contributed by atoms with E-state index in [0.717, 1.165) is 12.8 Å². The molecule has 1 amide bonds. The van der Waals surface area contributed by atoms with Crippen LogP contribution in [0.3, 0.4) is 0 Å². The smallest absolute Gasteiger partial charge is 0.258 e. The highest BCUT2D eigenvalue weighted by Crippen LogP contribution is 2.20. The number of likely N-dealkylation sites (tertiary alicyclic amines) is 1. The molecule has 2 aromatic heterocycles. The van der Waals surface area contributed by atoms with E-state index in [2.05, 4.69) is 15.3 Å². The number of hydrogen-bond acceptors (Lipinski definition) is 5. The van der Waals surface area contributed by atoms with Gasteiger partial charge < -0.3 is 15.6 Å². The zero-order valence-electron chi connectivity index (χ0n) is 17.2. The standard InChI is InChI=1S/C23H21FN6O2/c24-16-3-6-20-15(11-16)12-19(22(31)26-20)21-13-30(28-27-21)18-4-1-14(2-5-18)23(32)29-9-7-17(25)8-10-29/h1-6,11-13,17H,7-10,25H2,(H,26,31). The number of pyridine rings is 1. The number of fused-ring (bicyclic) bond motifs is 1. The Morgan fingerprint density at radius 1 is 1.09 bits per heavy atom. The fraction of sp³-hybridized carbons (Fsp3) is 0.217. The van der Waals surface area contributed by atoms with Crippen molar-refractivity contribution in [2.45, 2.75) is 18.9 Å². The molecule has 3 N–H and O–H groups in total. The Bertz CT molecular complexity index is 1350. The molecule has 1 saturated heterocycles. The van der Waals surface area contributed by atoms with E-state index in [1.807, 2.05) is 4.90 Å². The third-order valence-corrected chi connectivity index (χ3v) is 5.78. The first-order chi connectivity index (χ1) is 15.5. The number of carbonyl (C=O) groups is 1. The van der Waals surface area contributed by atoms with Gasteiger partial charge in [0.2, 0.25) is 0 Å². The molecule has 1 aliphatic heterocycles. The molecule has 162 valence electrons. The Balaban J connectivity index is 1.39. The van der Waals surface area contributed by atoms with Gasteiger partial charge in [0, 0.05) is 35.6 Å². The van der Waals surface area contributed by atoms with E-state index < -0.39 is 0 Å². The van der Waals surface area contributed by atoms with Crippen LogP contribution in [-0.2, 0) is 0 Å². The van der Waals surface area contributed by atoms with Crippen LogP contribution in [0.25, 0.3) is 27.8 Å². The van der Waals surface area contributed by atoms with Crippen LogP contribution < -0.4 is 11.3 Å². The molecule has 0 unspecified atom stereocenters. The maximum Gasteiger partial charge on any atom is 0.258 e. The molecule has 8 nitrogen and oxygen atoms in total. The minimum absolute atomic E-state index is 0.0161. The topological polar surface area (TPSA) is 110 Å². The molecule has 0 radical (unpaired) electrons. The van der Waals surface area contributed by atoms with Crippen molar-refractivity contribution in [3.05, 3.63) is 76.5 Å². The molecule has 4 aromatic rings. The van der Waals surface area contributed by atoms with Gasteiger partial charge in [0.25, 0.3) is 11.5 Å². The van der Waals surface area contributed by atoms with Crippen LogP contribution in [0.2, 0.25) is 0 Å². The Morgan fingerprint density at radius 3 is 2.59 bits per heavy atom. The highest BCUT2D eigenvalue weighted by atomic mass is 19.1. The highest BCUT2D eigenvalue weighted by molar-refractivity contribution is 5.94. The average molecular weight is 432 g/mol. The largest absolute Gasteiger partial charge is 0.339 e. The molecule has 1 fully saturated rings. The molecule has 5 rings (SSSR count). The lowest BCUT2D eigenvalue weighted by atomic mass is 10.0. The number of aromatic nitrogens is 4. The van der Waals surface area contributed by atoms with E-state index in [4.69, 9.17) is 5.73 Å². The van der Waals surface area contributed by atoms with Crippen molar-refractivity contribution >= 4 is 16.8 Å². The van der Waals surface area contributed by atoms with Gasteiger partial charge in [-0.3, -0.25) is 9.59 Å². The van der Waals surface area contributed by atoms with Crippen molar-refractivity contribution in [1.82, 2.24) is 24.9 Å². The Hall–Kier alpha value is -3.85.